The van der Waals surface area contributed by atoms with E-state index < -0.39 is 12.1 Å². The van der Waals surface area contributed by atoms with Crippen LogP contribution in [0.3, 0.4) is 0 Å². The van der Waals surface area contributed by atoms with Crippen LogP contribution in [0.1, 0.15) is 44.6 Å². The molecular formula is C24H26F3N5O3. The number of aliphatic carboxylic acids is 1. The van der Waals surface area contributed by atoms with Crippen LogP contribution in [-0.2, 0) is 10.2 Å². The summed E-state index contributed by atoms with van der Waals surface area (Å²) in [6, 6.07) is 6.61. The first kappa shape index (κ1) is 23.5. The molecule has 1 aliphatic heterocycles. The van der Waals surface area contributed by atoms with Crippen molar-refractivity contribution in [2.45, 2.75) is 56.7 Å². The molecule has 3 aromatic rings. The second-order valence-electron chi connectivity index (χ2n) is 9.86. The molecule has 1 atom stereocenters. The normalized spacial score (nSPS) is 21.8. The van der Waals surface area contributed by atoms with Crippen molar-refractivity contribution in [2.75, 3.05) is 13.1 Å². The standard InChI is InChI=1S/C22H25N5O.C2HF3O2/c1-21(4-5-21)14-2-3-16-15(10-14)20(27-26-16)17-11-24-13-19(25-17)28-18-12-23-9-8-22(18)6-7-22;3-2(4,5)1(6)7/h2-3,10-11,13,18,23H,4-9,12H2,1H3,(H,26,27);(H,6,7)/t18-;/m0./s1. The second kappa shape index (κ2) is 8.47. The maximum Gasteiger partial charge on any atom is 0.490 e. The summed E-state index contributed by atoms with van der Waals surface area (Å²) in [5.74, 6) is -2.16. The highest BCUT2D eigenvalue weighted by Crippen LogP contribution is 2.53. The van der Waals surface area contributed by atoms with Crippen molar-refractivity contribution in [1.29, 1.82) is 0 Å². The lowest BCUT2D eigenvalue weighted by atomic mass is 9.92. The van der Waals surface area contributed by atoms with Gasteiger partial charge in [0.05, 0.1) is 17.9 Å². The number of rotatable bonds is 4. The first-order valence-corrected chi connectivity index (χ1v) is 11.6. The lowest BCUT2D eigenvalue weighted by Gasteiger charge is -2.32. The molecule has 1 aromatic carbocycles. The highest BCUT2D eigenvalue weighted by Gasteiger charge is 2.52. The Morgan fingerprint density at radius 2 is 1.91 bits per heavy atom. The Kier molecular flexibility index (Phi) is 5.70. The van der Waals surface area contributed by atoms with Crippen molar-refractivity contribution in [3.63, 3.8) is 0 Å². The van der Waals surface area contributed by atoms with Gasteiger partial charge >= 0.3 is 12.1 Å². The Labute approximate surface area is 199 Å². The second-order valence-corrected chi connectivity index (χ2v) is 9.86. The molecule has 2 aromatic heterocycles. The van der Waals surface area contributed by atoms with Crippen molar-refractivity contribution in [3.8, 4) is 17.3 Å². The fourth-order valence-electron chi connectivity index (χ4n) is 4.57. The van der Waals surface area contributed by atoms with Gasteiger partial charge in [-0.25, -0.2) is 9.78 Å². The Bertz CT molecular complexity index is 1250. The summed E-state index contributed by atoms with van der Waals surface area (Å²) >= 11 is 0. The number of aromatic nitrogens is 4. The number of hydrogen-bond donors (Lipinski definition) is 3. The molecule has 2 aliphatic carbocycles. The Balaban J connectivity index is 0.000000320. The van der Waals surface area contributed by atoms with Crippen molar-refractivity contribution < 1.29 is 27.8 Å². The molecule has 3 heterocycles. The van der Waals surface area contributed by atoms with Crippen LogP contribution < -0.4 is 10.1 Å². The molecule has 3 fully saturated rings. The number of carboxylic acid groups (broad SMARTS) is 1. The Morgan fingerprint density at radius 1 is 1.17 bits per heavy atom. The number of nitrogens with zero attached hydrogens (tertiary/aromatic N) is 3. The fourth-order valence-corrected chi connectivity index (χ4v) is 4.57. The zero-order chi connectivity index (χ0) is 24.8. The van der Waals surface area contributed by atoms with E-state index in [0.717, 1.165) is 35.4 Å². The number of H-pyrrole nitrogens is 1. The quantitative estimate of drug-likeness (QED) is 0.503. The van der Waals surface area contributed by atoms with Crippen LogP contribution in [0.15, 0.2) is 30.6 Å². The molecule has 1 spiro atoms. The number of benzene rings is 1. The van der Waals surface area contributed by atoms with E-state index in [0.29, 0.717) is 16.7 Å². The third-order valence-corrected chi connectivity index (χ3v) is 7.32. The fraction of sp³-hybridized carbons (Fsp3) is 0.500. The van der Waals surface area contributed by atoms with Gasteiger partial charge in [0, 0.05) is 17.3 Å². The number of fused-ring (bicyclic) bond motifs is 1. The van der Waals surface area contributed by atoms with Crippen molar-refractivity contribution in [2.24, 2.45) is 5.41 Å². The minimum Gasteiger partial charge on any atom is -0.475 e. The number of carboxylic acids is 1. The number of nitrogens with one attached hydrogen (secondary N) is 2. The van der Waals surface area contributed by atoms with Crippen molar-refractivity contribution in [3.05, 3.63) is 36.2 Å². The lowest BCUT2D eigenvalue weighted by molar-refractivity contribution is -0.192. The molecule has 0 bridgehead atoms. The molecule has 3 aliphatic rings. The zero-order valence-electron chi connectivity index (χ0n) is 19.2. The van der Waals surface area contributed by atoms with E-state index in [9.17, 15) is 13.2 Å². The Hall–Kier alpha value is -3.21. The summed E-state index contributed by atoms with van der Waals surface area (Å²) in [6.45, 7) is 4.30. The monoisotopic (exact) mass is 489 g/mol. The third kappa shape index (κ3) is 4.82. The zero-order valence-corrected chi connectivity index (χ0v) is 19.2. The van der Waals surface area contributed by atoms with Gasteiger partial charge in [-0.2, -0.15) is 18.3 Å². The number of alkyl halides is 3. The van der Waals surface area contributed by atoms with E-state index in [1.165, 1.54) is 37.7 Å². The van der Waals surface area contributed by atoms with Crippen LogP contribution in [0.4, 0.5) is 13.2 Å². The molecule has 186 valence electrons. The minimum atomic E-state index is -5.08. The average Bonchev–Trinajstić information content (AvgIpc) is 3.73. The lowest BCUT2D eigenvalue weighted by Crippen LogP contribution is -2.45. The molecular weight excluding hydrogens is 463 g/mol. The summed E-state index contributed by atoms with van der Waals surface area (Å²) in [6.07, 6.45) is 4.83. The number of carbonyl (C=O) groups is 1. The van der Waals surface area contributed by atoms with Crippen molar-refractivity contribution >= 4 is 16.9 Å². The molecule has 8 nitrogen and oxygen atoms in total. The maximum atomic E-state index is 10.6. The van der Waals surface area contributed by atoms with E-state index >= 15 is 0 Å². The number of piperidine rings is 1. The van der Waals surface area contributed by atoms with E-state index in [1.807, 2.05) is 0 Å². The van der Waals surface area contributed by atoms with Gasteiger partial charge in [0.2, 0.25) is 5.88 Å². The number of halogens is 3. The molecule has 1 saturated heterocycles. The largest absolute Gasteiger partial charge is 0.490 e. The molecule has 2 saturated carbocycles. The highest BCUT2D eigenvalue weighted by molar-refractivity contribution is 5.92. The summed E-state index contributed by atoms with van der Waals surface area (Å²) < 4.78 is 38.0. The molecule has 11 heteroatoms. The van der Waals surface area contributed by atoms with Crippen LogP contribution in [0.25, 0.3) is 22.3 Å². The first-order chi connectivity index (χ1) is 16.6. The first-order valence-electron chi connectivity index (χ1n) is 11.6. The van der Waals surface area contributed by atoms with Gasteiger partial charge < -0.3 is 15.2 Å². The summed E-state index contributed by atoms with van der Waals surface area (Å²) in [5, 5.41) is 19.4. The van der Waals surface area contributed by atoms with Crippen LogP contribution >= 0.6 is 0 Å². The maximum absolute atomic E-state index is 10.6. The average molecular weight is 489 g/mol. The van der Waals surface area contributed by atoms with Crippen LogP contribution in [0.5, 0.6) is 5.88 Å². The van der Waals surface area contributed by atoms with Gasteiger partial charge in [0.15, 0.2) is 0 Å². The molecule has 0 amide bonds. The topological polar surface area (TPSA) is 113 Å². The summed E-state index contributed by atoms with van der Waals surface area (Å²) in [5.41, 5.74) is 4.71. The van der Waals surface area contributed by atoms with Crippen LogP contribution in [-0.4, -0.2) is 56.6 Å². The summed E-state index contributed by atoms with van der Waals surface area (Å²) in [7, 11) is 0. The minimum absolute atomic E-state index is 0.183. The molecule has 0 radical (unpaired) electrons. The predicted molar refractivity (Wildman–Crippen MR) is 121 cm³/mol. The molecule has 0 unspecified atom stereocenters. The highest BCUT2D eigenvalue weighted by atomic mass is 19.4. The van der Waals surface area contributed by atoms with Gasteiger partial charge in [0.1, 0.15) is 17.5 Å². The predicted octanol–water partition coefficient (Wildman–Crippen LogP) is 4.23. The number of ether oxygens (including phenoxy) is 1. The van der Waals surface area contributed by atoms with E-state index in [4.69, 9.17) is 19.6 Å². The Morgan fingerprint density at radius 3 is 2.57 bits per heavy atom. The van der Waals surface area contributed by atoms with Gasteiger partial charge in [-0.1, -0.05) is 13.0 Å². The van der Waals surface area contributed by atoms with Gasteiger partial charge in [0.25, 0.3) is 0 Å². The summed E-state index contributed by atoms with van der Waals surface area (Å²) in [4.78, 5) is 18.1. The number of aromatic amines is 1. The van der Waals surface area contributed by atoms with Gasteiger partial charge in [-0.15, -0.1) is 0 Å². The van der Waals surface area contributed by atoms with E-state index in [2.05, 4.69) is 45.6 Å². The van der Waals surface area contributed by atoms with Gasteiger partial charge in [-0.05, 0) is 61.8 Å². The molecule has 3 N–H and O–H groups in total. The van der Waals surface area contributed by atoms with Crippen LogP contribution in [0.2, 0.25) is 0 Å². The van der Waals surface area contributed by atoms with E-state index in [-0.39, 0.29) is 6.10 Å². The smallest absolute Gasteiger partial charge is 0.475 e. The van der Waals surface area contributed by atoms with Gasteiger partial charge in [-0.3, -0.25) is 10.1 Å². The van der Waals surface area contributed by atoms with Crippen molar-refractivity contribution in [1.82, 2.24) is 25.5 Å². The van der Waals surface area contributed by atoms with E-state index in [1.54, 1.807) is 12.4 Å². The molecule has 35 heavy (non-hydrogen) atoms. The SMILES string of the molecule is CC1(c2ccc3[nH]nc(-c4cncc(O[C@H]5CNCCC56CC6)n4)c3c2)CC1.O=C(O)C(F)(F)F. The molecule has 6 rings (SSSR count). The number of hydrogen-bond acceptors (Lipinski definition) is 6. The van der Waals surface area contributed by atoms with Crippen LogP contribution in [0, 0.1) is 5.41 Å². The third-order valence-electron chi connectivity index (χ3n) is 7.32.